The van der Waals surface area contributed by atoms with Crippen molar-refractivity contribution in [2.45, 2.75) is 6.54 Å². The molecule has 0 radical (unpaired) electrons. The predicted octanol–water partition coefficient (Wildman–Crippen LogP) is 3.16. The second kappa shape index (κ2) is 5.58. The van der Waals surface area contributed by atoms with Crippen LogP contribution in [-0.2, 0) is 13.6 Å². The Labute approximate surface area is 127 Å². The quantitative estimate of drug-likeness (QED) is 0.807. The molecule has 3 rings (SSSR count). The van der Waals surface area contributed by atoms with Crippen molar-refractivity contribution >= 4 is 28.4 Å². The summed E-state index contributed by atoms with van der Waals surface area (Å²) in [5.74, 6) is -0.117. The molecule has 2 heterocycles. The highest BCUT2D eigenvalue weighted by atomic mass is 35.5. The topological polar surface area (TPSA) is 46.9 Å². The average molecular weight is 300 g/mol. The van der Waals surface area contributed by atoms with Gasteiger partial charge in [-0.2, -0.15) is 0 Å². The standard InChI is InChI=1S/C16H14ClN3O/c1-20-14(8-12-5-6-18-10-15(12)20)16(21)19-9-11-3-2-4-13(17)7-11/h2-8,10H,9H2,1H3,(H,19,21). The molecule has 106 valence electrons. The van der Waals surface area contributed by atoms with Crippen molar-refractivity contribution in [3.8, 4) is 0 Å². The SMILES string of the molecule is Cn1c(C(=O)NCc2cccc(Cl)c2)cc2ccncc21. The number of amides is 1. The number of fused-ring (bicyclic) bond motifs is 1. The first-order chi connectivity index (χ1) is 10.1. The van der Waals surface area contributed by atoms with E-state index < -0.39 is 0 Å². The van der Waals surface area contributed by atoms with Crippen molar-refractivity contribution in [1.82, 2.24) is 14.9 Å². The number of halogens is 1. The lowest BCUT2D eigenvalue weighted by molar-refractivity contribution is 0.0943. The van der Waals surface area contributed by atoms with E-state index in [-0.39, 0.29) is 5.91 Å². The van der Waals surface area contributed by atoms with Crippen molar-refractivity contribution in [3.63, 3.8) is 0 Å². The number of aromatic nitrogens is 2. The van der Waals surface area contributed by atoms with Gasteiger partial charge in [0.1, 0.15) is 5.69 Å². The van der Waals surface area contributed by atoms with E-state index in [1.54, 1.807) is 12.4 Å². The third-order valence-corrected chi connectivity index (χ3v) is 3.66. The number of benzene rings is 1. The molecular formula is C16H14ClN3O. The molecule has 0 bridgehead atoms. The fourth-order valence-corrected chi connectivity index (χ4v) is 2.52. The van der Waals surface area contributed by atoms with Gasteiger partial charge >= 0.3 is 0 Å². The maximum atomic E-state index is 12.3. The van der Waals surface area contributed by atoms with E-state index in [4.69, 9.17) is 11.6 Å². The van der Waals surface area contributed by atoms with E-state index >= 15 is 0 Å². The van der Waals surface area contributed by atoms with Gasteiger partial charge in [-0.05, 0) is 29.8 Å². The first kappa shape index (κ1) is 13.6. The molecule has 3 aromatic rings. The second-order valence-electron chi connectivity index (χ2n) is 4.84. The molecule has 4 nitrogen and oxygen atoms in total. The van der Waals surface area contributed by atoms with Crippen LogP contribution in [0.1, 0.15) is 16.1 Å². The summed E-state index contributed by atoms with van der Waals surface area (Å²) >= 11 is 5.93. The number of hydrogen-bond donors (Lipinski definition) is 1. The van der Waals surface area contributed by atoms with E-state index in [0.29, 0.717) is 17.3 Å². The minimum Gasteiger partial charge on any atom is -0.347 e. The monoisotopic (exact) mass is 299 g/mol. The van der Waals surface area contributed by atoms with E-state index in [1.165, 1.54) is 0 Å². The van der Waals surface area contributed by atoms with Crippen molar-refractivity contribution in [2.75, 3.05) is 0 Å². The smallest absolute Gasteiger partial charge is 0.268 e. The number of rotatable bonds is 3. The molecule has 0 saturated carbocycles. The second-order valence-corrected chi connectivity index (χ2v) is 5.27. The fourth-order valence-electron chi connectivity index (χ4n) is 2.31. The molecule has 21 heavy (non-hydrogen) atoms. The number of carbonyl (C=O) groups excluding carboxylic acids is 1. The lowest BCUT2D eigenvalue weighted by Crippen LogP contribution is -2.24. The van der Waals surface area contributed by atoms with Gasteiger partial charge in [0.05, 0.1) is 11.7 Å². The van der Waals surface area contributed by atoms with Crippen LogP contribution in [0, 0.1) is 0 Å². The maximum absolute atomic E-state index is 12.3. The summed E-state index contributed by atoms with van der Waals surface area (Å²) in [5.41, 5.74) is 2.52. The molecule has 0 aliphatic rings. The Kier molecular flexibility index (Phi) is 3.62. The largest absolute Gasteiger partial charge is 0.347 e. The zero-order chi connectivity index (χ0) is 14.8. The van der Waals surface area contributed by atoms with E-state index in [2.05, 4.69) is 10.3 Å². The summed E-state index contributed by atoms with van der Waals surface area (Å²) in [6.07, 6.45) is 3.47. The highest BCUT2D eigenvalue weighted by Gasteiger charge is 2.12. The van der Waals surface area contributed by atoms with Crippen LogP contribution >= 0.6 is 11.6 Å². The van der Waals surface area contributed by atoms with Gasteiger partial charge in [-0.1, -0.05) is 23.7 Å². The van der Waals surface area contributed by atoms with Gasteiger partial charge < -0.3 is 9.88 Å². The molecule has 0 fully saturated rings. The van der Waals surface area contributed by atoms with Crippen molar-refractivity contribution in [1.29, 1.82) is 0 Å². The first-order valence-electron chi connectivity index (χ1n) is 6.57. The van der Waals surface area contributed by atoms with Crippen LogP contribution in [-0.4, -0.2) is 15.5 Å². The van der Waals surface area contributed by atoms with E-state index in [1.807, 2.05) is 48.0 Å². The summed E-state index contributed by atoms with van der Waals surface area (Å²) in [6.45, 7) is 0.444. The Hall–Kier alpha value is -2.33. The minimum absolute atomic E-state index is 0.117. The molecule has 0 saturated heterocycles. The number of aryl methyl sites for hydroxylation is 1. The molecule has 1 aromatic carbocycles. The molecular weight excluding hydrogens is 286 g/mol. The molecule has 2 aromatic heterocycles. The Morgan fingerprint density at radius 3 is 2.95 bits per heavy atom. The highest BCUT2D eigenvalue weighted by Crippen LogP contribution is 2.17. The van der Waals surface area contributed by atoms with Gasteiger partial charge in [0, 0.05) is 30.2 Å². The Morgan fingerprint density at radius 2 is 2.19 bits per heavy atom. The predicted molar refractivity (Wildman–Crippen MR) is 83.3 cm³/mol. The van der Waals surface area contributed by atoms with Crippen LogP contribution in [0.3, 0.4) is 0 Å². The minimum atomic E-state index is -0.117. The molecule has 0 aliphatic heterocycles. The number of pyridine rings is 1. The van der Waals surface area contributed by atoms with Crippen molar-refractivity contribution < 1.29 is 4.79 Å². The summed E-state index contributed by atoms with van der Waals surface area (Å²) in [7, 11) is 1.86. The molecule has 0 unspecified atom stereocenters. The zero-order valence-corrected chi connectivity index (χ0v) is 12.3. The van der Waals surface area contributed by atoms with Crippen molar-refractivity contribution in [3.05, 3.63) is 65.1 Å². The van der Waals surface area contributed by atoms with Crippen LogP contribution in [0.2, 0.25) is 5.02 Å². The molecule has 5 heteroatoms. The van der Waals surface area contributed by atoms with Crippen LogP contribution in [0.25, 0.3) is 10.9 Å². The van der Waals surface area contributed by atoms with Crippen LogP contribution in [0.4, 0.5) is 0 Å². The number of nitrogens with one attached hydrogen (secondary N) is 1. The fraction of sp³-hybridized carbons (Fsp3) is 0.125. The first-order valence-corrected chi connectivity index (χ1v) is 6.95. The van der Waals surface area contributed by atoms with Gasteiger partial charge in [-0.25, -0.2) is 0 Å². The number of carbonyl (C=O) groups is 1. The Balaban J connectivity index is 1.79. The lowest BCUT2D eigenvalue weighted by Gasteiger charge is -2.07. The van der Waals surface area contributed by atoms with Gasteiger partial charge in [0.2, 0.25) is 0 Å². The maximum Gasteiger partial charge on any atom is 0.268 e. The van der Waals surface area contributed by atoms with Crippen molar-refractivity contribution in [2.24, 2.45) is 7.05 Å². The van der Waals surface area contributed by atoms with Gasteiger partial charge in [0.15, 0.2) is 0 Å². The molecule has 0 atom stereocenters. The normalized spacial score (nSPS) is 10.8. The number of nitrogens with zero attached hydrogens (tertiary/aromatic N) is 2. The summed E-state index contributed by atoms with van der Waals surface area (Å²) in [6, 6.07) is 11.2. The van der Waals surface area contributed by atoms with Crippen LogP contribution < -0.4 is 5.32 Å². The Morgan fingerprint density at radius 1 is 1.33 bits per heavy atom. The van der Waals surface area contributed by atoms with Crippen LogP contribution in [0.15, 0.2) is 48.8 Å². The molecule has 0 spiro atoms. The molecule has 1 amide bonds. The molecule has 1 N–H and O–H groups in total. The third-order valence-electron chi connectivity index (χ3n) is 3.42. The van der Waals surface area contributed by atoms with E-state index in [9.17, 15) is 4.79 Å². The summed E-state index contributed by atoms with van der Waals surface area (Å²) < 4.78 is 1.84. The molecule has 0 aliphatic carbocycles. The van der Waals surface area contributed by atoms with Gasteiger partial charge in [-0.3, -0.25) is 9.78 Å². The lowest BCUT2D eigenvalue weighted by atomic mass is 10.2. The average Bonchev–Trinajstić information content (AvgIpc) is 2.83. The highest BCUT2D eigenvalue weighted by molar-refractivity contribution is 6.30. The summed E-state index contributed by atoms with van der Waals surface area (Å²) in [5, 5.41) is 4.57. The van der Waals surface area contributed by atoms with Gasteiger partial charge in [-0.15, -0.1) is 0 Å². The van der Waals surface area contributed by atoms with Crippen LogP contribution in [0.5, 0.6) is 0 Å². The van der Waals surface area contributed by atoms with E-state index in [0.717, 1.165) is 16.5 Å². The summed E-state index contributed by atoms with van der Waals surface area (Å²) in [4.78, 5) is 16.4. The third kappa shape index (κ3) is 2.76. The van der Waals surface area contributed by atoms with Gasteiger partial charge in [0.25, 0.3) is 5.91 Å². The Bertz CT molecular complexity index is 810. The zero-order valence-electron chi connectivity index (χ0n) is 11.5. The number of hydrogen-bond acceptors (Lipinski definition) is 2.